The maximum Gasteiger partial charge on any atom is 0.261 e. The number of nitrogens with zero attached hydrogens (tertiary/aromatic N) is 1. The number of nitrogens with two attached hydrogens (primary N) is 1. The van der Waals surface area contributed by atoms with Crippen molar-refractivity contribution in [3.05, 3.63) is 101 Å². The number of halogens is 3. The van der Waals surface area contributed by atoms with Crippen LogP contribution in [0.25, 0.3) is 10.8 Å². The molecule has 0 saturated heterocycles. The number of carbonyl (C=O) groups excluding carboxylic acids is 1. The number of primary amides is 1. The van der Waals surface area contributed by atoms with Gasteiger partial charge in [0.2, 0.25) is 5.91 Å². The molecule has 1 amide bonds. The summed E-state index contributed by atoms with van der Waals surface area (Å²) in [6.07, 6.45) is 3.38. The van der Waals surface area contributed by atoms with E-state index in [1.54, 1.807) is 59.4 Å². The first kappa shape index (κ1) is 22.3. The van der Waals surface area contributed by atoms with Crippen molar-refractivity contribution < 1.29 is 17.6 Å². The molecule has 2 N–H and O–H groups in total. The summed E-state index contributed by atoms with van der Waals surface area (Å²) in [5, 5.41) is 1.29. The molecule has 5 nitrogen and oxygen atoms in total. The predicted molar refractivity (Wildman–Crippen MR) is 123 cm³/mol. The van der Waals surface area contributed by atoms with Crippen LogP contribution in [-0.4, -0.2) is 18.9 Å². The second kappa shape index (κ2) is 8.58. The van der Waals surface area contributed by atoms with Gasteiger partial charge in [0.25, 0.3) is 9.05 Å². The van der Waals surface area contributed by atoms with Crippen molar-refractivity contribution in [3.63, 3.8) is 0 Å². The molecule has 164 valence electrons. The van der Waals surface area contributed by atoms with E-state index in [4.69, 9.17) is 28.0 Å². The summed E-state index contributed by atoms with van der Waals surface area (Å²) in [6, 6.07) is 15.8. The largest absolute Gasteiger partial charge is 0.369 e. The third-order valence-electron chi connectivity index (χ3n) is 5.17. The van der Waals surface area contributed by atoms with Crippen molar-refractivity contribution in [3.8, 4) is 0 Å². The van der Waals surface area contributed by atoms with Gasteiger partial charge in [-0.3, -0.25) is 4.79 Å². The number of rotatable bonds is 6. The van der Waals surface area contributed by atoms with E-state index in [9.17, 15) is 17.6 Å². The summed E-state index contributed by atoms with van der Waals surface area (Å²) in [7, 11) is 1.59. The minimum Gasteiger partial charge on any atom is -0.369 e. The molecule has 9 heteroatoms. The standard InChI is InChI=1S/C23H17Cl2FN2O3S/c24-20-4-2-1-3-18(20)22(23(27)29)15-9-16-12-28(11-14-5-7-17(26)8-6-14)13-19(16)21(10-15)32(25,30)31/h1-10,12-13,22H,11H2,(H2,27,29). The maximum atomic E-state index is 13.2. The van der Waals surface area contributed by atoms with Crippen LogP contribution in [0.15, 0.2) is 78.0 Å². The lowest BCUT2D eigenvalue weighted by atomic mass is 9.90. The quantitative estimate of drug-likeness (QED) is 0.385. The van der Waals surface area contributed by atoms with Gasteiger partial charge in [-0.1, -0.05) is 41.9 Å². The normalized spacial score (nSPS) is 12.7. The molecule has 0 radical (unpaired) electrons. The Labute approximate surface area is 193 Å². The van der Waals surface area contributed by atoms with Crippen LogP contribution in [0.4, 0.5) is 4.39 Å². The average molecular weight is 491 g/mol. The number of fused-ring (bicyclic) bond motifs is 1. The first-order chi connectivity index (χ1) is 15.1. The van der Waals surface area contributed by atoms with Crippen molar-refractivity contribution in [1.82, 2.24) is 4.57 Å². The highest BCUT2D eigenvalue weighted by Crippen LogP contribution is 2.36. The molecule has 0 bridgehead atoms. The van der Waals surface area contributed by atoms with Crippen LogP contribution < -0.4 is 5.73 Å². The molecule has 3 aromatic carbocycles. The lowest BCUT2D eigenvalue weighted by Crippen LogP contribution is -2.23. The topological polar surface area (TPSA) is 82.2 Å². The smallest absolute Gasteiger partial charge is 0.261 e. The summed E-state index contributed by atoms with van der Waals surface area (Å²) in [5.41, 5.74) is 7.32. The molecule has 0 aliphatic heterocycles. The maximum absolute atomic E-state index is 13.2. The summed E-state index contributed by atoms with van der Waals surface area (Å²) in [5.74, 6) is -1.99. The zero-order valence-electron chi connectivity index (χ0n) is 16.5. The van der Waals surface area contributed by atoms with Crippen molar-refractivity contribution in [2.45, 2.75) is 17.4 Å². The Morgan fingerprint density at radius 2 is 1.75 bits per heavy atom. The molecule has 4 rings (SSSR count). The molecular formula is C23H17Cl2FN2O3S. The molecule has 4 aromatic rings. The van der Waals surface area contributed by atoms with Crippen LogP contribution in [-0.2, 0) is 20.4 Å². The SMILES string of the molecule is NC(=O)C(c1cc(S(=O)(=O)Cl)c2cn(Cc3ccc(F)cc3)cc2c1)c1ccccc1Cl. The molecule has 0 aliphatic rings. The summed E-state index contributed by atoms with van der Waals surface area (Å²) >= 11 is 6.28. The Hall–Kier alpha value is -2.87. The third kappa shape index (κ3) is 4.50. The van der Waals surface area contributed by atoms with Gasteiger partial charge in [-0.15, -0.1) is 0 Å². The predicted octanol–water partition coefficient (Wildman–Crippen LogP) is 5.03. The van der Waals surface area contributed by atoms with Crippen molar-refractivity contribution in [2.75, 3.05) is 0 Å². The molecular weight excluding hydrogens is 474 g/mol. The molecule has 0 aliphatic carbocycles. The lowest BCUT2D eigenvalue weighted by Gasteiger charge is -2.17. The summed E-state index contributed by atoms with van der Waals surface area (Å²) < 4.78 is 39.7. The molecule has 0 fully saturated rings. The first-order valence-electron chi connectivity index (χ1n) is 9.50. The van der Waals surface area contributed by atoms with Gasteiger partial charge < -0.3 is 10.3 Å². The van der Waals surface area contributed by atoms with E-state index in [1.165, 1.54) is 18.2 Å². The number of hydrogen-bond acceptors (Lipinski definition) is 3. The van der Waals surface area contributed by atoms with Crippen LogP contribution in [0.1, 0.15) is 22.6 Å². The molecule has 1 atom stereocenters. The van der Waals surface area contributed by atoms with E-state index in [0.29, 0.717) is 33.5 Å². The fourth-order valence-corrected chi connectivity index (χ4v) is 5.10. The highest BCUT2D eigenvalue weighted by molar-refractivity contribution is 8.14. The van der Waals surface area contributed by atoms with Gasteiger partial charge in [0.05, 0.1) is 10.8 Å². The number of aromatic nitrogens is 1. The van der Waals surface area contributed by atoms with E-state index >= 15 is 0 Å². The van der Waals surface area contributed by atoms with Crippen LogP contribution >= 0.6 is 22.3 Å². The van der Waals surface area contributed by atoms with Crippen LogP contribution in [0.2, 0.25) is 5.02 Å². The van der Waals surface area contributed by atoms with E-state index in [0.717, 1.165) is 5.56 Å². The van der Waals surface area contributed by atoms with E-state index in [-0.39, 0.29) is 10.7 Å². The molecule has 0 saturated carbocycles. The van der Waals surface area contributed by atoms with E-state index < -0.39 is 20.9 Å². The van der Waals surface area contributed by atoms with Crippen molar-refractivity contribution in [1.29, 1.82) is 0 Å². The lowest BCUT2D eigenvalue weighted by molar-refractivity contribution is -0.118. The molecule has 1 aromatic heterocycles. The first-order valence-corrected chi connectivity index (χ1v) is 12.2. The van der Waals surface area contributed by atoms with Gasteiger partial charge in [0, 0.05) is 45.4 Å². The van der Waals surface area contributed by atoms with Gasteiger partial charge >= 0.3 is 0 Å². The van der Waals surface area contributed by atoms with Crippen LogP contribution in [0.5, 0.6) is 0 Å². The van der Waals surface area contributed by atoms with Crippen molar-refractivity contribution in [2.24, 2.45) is 5.73 Å². The Morgan fingerprint density at radius 3 is 2.38 bits per heavy atom. The molecule has 1 unspecified atom stereocenters. The molecule has 1 heterocycles. The second-order valence-electron chi connectivity index (χ2n) is 7.37. The molecule has 32 heavy (non-hydrogen) atoms. The number of benzene rings is 3. The second-order valence-corrected chi connectivity index (χ2v) is 10.3. The Balaban J connectivity index is 1.88. The van der Waals surface area contributed by atoms with E-state index in [1.807, 2.05) is 0 Å². The Bertz CT molecular complexity index is 1430. The highest BCUT2D eigenvalue weighted by Gasteiger charge is 2.26. The Morgan fingerprint density at radius 1 is 1.06 bits per heavy atom. The molecule has 0 spiro atoms. The Kier molecular flexibility index (Phi) is 5.99. The minimum absolute atomic E-state index is 0.136. The monoisotopic (exact) mass is 490 g/mol. The zero-order chi connectivity index (χ0) is 23.0. The van der Waals surface area contributed by atoms with Gasteiger partial charge in [-0.2, -0.15) is 0 Å². The highest BCUT2D eigenvalue weighted by atomic mass is 35.7. The summed E-state index contributed by atoms with van der Waals surface area (Å²) in [6.45, 7) is 0.385. The average Bonchev–Trinajstić information content (AvgIpc) is 3.12. The number of carbonyl (C=O) groups is 1. The van der Waals surface area contributed by atoms with Gasteiger partial charge in [0.15, 0.2) is 0 Å². The number of hydrogen-bond donors (Lipinski definition) is 1. The van der Waals surface area contributed by atoms with Gasteiger partial charge in [0.1, 0.15) is 5.82 Å². The van der Waals surface area contributed by atoms with Gasteiger partial charge in [-0.05, 0) is 47.0 Å². The van der Waals surface area contributed by atoms with Gasteiger partial charge in [-0.25, -0.2) is 12.8 Å². The van der Waals surface area contributed by atoms with Crippen molar-refractivity contribution >= 4 is 48.0 Å². The van der Waals surface area contributed by atoms with E-state index in [2.05, 4.69) is 0 Å². The minimum atomic E-state index is -4.14. The zero-order valence-corrected chi connectivity index (χ0v) is 18.8. The van der Waals surface area contributed by atoms with Crippen LogP contribution in [0, 0.1) is 5.82 Å². The van der Waals surface area contributed by atoms with Crippen LogP contribution in [0.3, 0.4) is 0 Å². The fraction of sp³-hybridized carbons (Fsp3) is 0.0870. The fourth-order valence-electron chi connectivity index (χ4n) is 3.76. The summed E-state index contributed by atoms with van der Waals surface area (Å²) in [4.78, 5) is 12.2. The third-order valence-corrected chi connectivity index (χ3v) is 6.88. The number of amides is 1.